The summed E-state index contributed by atoms with van der Waals surface area (Å²) < 4.78 is 2.40. The van der Waals surface area contributed by atoms with Gasteiger partial charge in [-0.1, -0.05) is 109 Å². The first kappa shape index (κ1) is 25.7. The van der Waals surface area contributed by atoms with Gasteiger partial charge in [0.05, 0.1) is 5.52 Å². The fraction of sp³-hybridized carbons (Fsp3) is 0. The van der Waals surface area contributed by atoms with Gasteiger partial charge in [-0.2, -0.15) is 0 Å². The van der Waals surface area contributed by atoms with E-state index in [4.69, 9.17) is 15.0 Å². The smallest absolute Gasteiger partial charge is 0.165 e. The number of thiophene rings is 1. The maximum atomic E-state index is 5.12. The van der Waals surface area contributed by atoms with Crippen LogP contribution in [0.1, 0.15) is 0 Å². The summed E-state index contributed by atoms with van der Waals surface area (Å²) in [6.45, 7) is 0. The molecule has 9 rings (SSSR count). The highest BCUT2D eigenvalue weighted by Gasteiger charge is 2.18. The van der Waals surface area contributed by atoms with E-state index in [1.807, 2.05) is 72.9 Å². The van der Waals surface area contributed by atoms with E-state index in [1.54, 1.807) is 11.3 Å². The first-order valence-electron chi connectivity index (χ1n) is 14.9. The van der Waals surface area contributed by atoms with Gasteiger partial charge in [0.2, 0.25) is 0 Å². The number of para-hydroxylation sites is 1. The highest BCUT2D eigenvalue weighted by molar-refractivity contribution is 7.26. The molecule has 0 aliphatic heterocycles. The van der Waals surface area contributed by atoms with Crippen molar-refractivity contribution in [2.75, 3.05) is 0 Å². The number of benzene rings is 6. The van der Waals surface area contributed by atoms with Gasteiger partial charge in [0.15, 0.2) is 17.5 Å². The molecule has 0 unspecified atom stereocenters. The normalized spacial score (nSPS) is 11.6. The zero-order valence-corrected chi connectivity index (χ0v) is 24.9. The van der Waals surface area contributed by atoms with Crippen LogP contribution in [-0.2, 0) is 0 Å². The van der Waals surface area contributed by atoms with Crippen molar-refractivity contribution in [1.82, 2.24) is 19.9 Å². The third-order valence-corrected chi connectivity index (χ3v) is 9.56. The molecule has 0 saturated heterocycles. The van der Waals surface area contributed by atoms with Crippen LogP contribution in [0.15, 0.2) is 146 Å². The highest BCUT2D eigenvalue weighted by Crippen LogP contribution is 2.43. The summed E-state index contributed by atoms with van der Waals surface area (Å²) in [5, 5.41) is 5.89. The average Bonchev–Trinajstić information content (AvgIpc) is 3.50. The Kier molecular flexibility index (Phi) is 5.96. The second-order valence-electron chi connectivity index (χ2n) is 11.1. The molecule has 0 amide bonds. The summed E-state index contributed by atoms with van der Waals surface area (Å²) in [5.74, 6) is 1.98. The molecule has 3 aromatic heterocycles. The molecule has 0 radical (unpaired) electrons. The van der Waals surface area contributed by atoms with Crippen LogP contribution in [0.2, 0.25) is 0 Å². The first-order valence-corrected chi connectivity index (χ1v) is 15.7. The van der Waals surface area contributed by atoms with Gasteiger partial charge in [-0.3, -0.25) is 4.98 Å². The fourth-order valence-electron chi connectivity index (χ4n) is 6.12. The summed E-state index contributed by atoms with van der Waals surface area (Å²) in [6.07, 6.45) is 1.96. The molecule has 6 aromatic carbocycles. The van der Waals surface area contributed by atoms with Gasteiger partial charge in [-0.15, -0.1) is 11.3 Å². The summed E-state index contributed by atoms with van der Waals surface area (Å²) in [6, 6.07) is 48.5. The predicted molar refractivity (Wildman–Crippen MR) is 187 cm³/mol. The van der Waals surface area contributed by atoms with Crippen molar-refractivity contribution in [2.24, 2.45) is 0 Å². The molecule has 0 fully saturated rings. The lowest BCUT2D eigenvalue weighted by molar-refractivity contribution is 1.08. The van der Waals surface area contributed by atoms with Gasteiger partial charge < -0.3 is 0 Å². The second kappa shape index (κ2) is 10.4. The van der Waals surface area contributed by atoms with E-state index >= 15 is 0 Å². The Morgan fingerprint density at radius 2 is 1.04 bits per heavy atom. The Morgan fingerprint density at radius 3 is 1.80 bits per heavy atom. The van der Waals surface area contributed by atoms with Crippen LogP contribution < -0.4 is 0 Å². The van der Waals surface area contributed by atoms with Crippen LogP contribution in [0.5, 0.6) is 0 Å². The van der Waals surface area contributed by atoms with Gasteiger partial charge in [-0.05, 0) is 46.8 Å². The van der Waals surface area contributed by atoms with Crippen LogP contribution in [0.3, 0.4) is 0 Å². The lowest BCUT2D eigenvalue weighted by atomic mass is 9.96. The van der Waals surface area contributed by atoms with Crippen molar-refractivity contribution in [3.05, 3.63) is 146 Å². The Labute approximate surface area is 263 Å². The molecular formula is C40H24N4S. The zero-order chi connectivity index (χ0) is 29.7. The van der Waals surface area contributed by atoms with Crippen molar-refractivity contribution < 1.29 is 0 Å². The van der Waals surface area contributed by atoms with Crippen molar-refractivity contribution in [1.29, 1.82) is 0 Å². The van der Waals surface area contributed by atoms with Crippen LogP contribution in [0, 0.1) is 0 Å². The zero-order valence-electron chi connectivity index (χ0n) is 24.1. The number of hydrogen-bond donors (Lipinski definition) is 0. The van der Waals surface area contributed by atoms with Gasteiger partial charge in [0.1, 0.15) is 0 Å². The van der Waals surface area contributed by atoms with Gasteiger partial charge in [0, 0.05) is 53.8 Å². The lowest BCUT2D eigenvalue weighted by Gasteiger charge is -2.12. The minimum atomic E-state index is 0.656. The van der Waals surface area contributed by atoms with Crippen molar-refractivity contribution in [3.8, 4) is 45.3 Å². The molecule has 0 saturated carbocycles. The van der Waals surface area contributed by atoms with E-state index in [0.717, 1.165) is 44.1 Å². The third kappa shape index (κ3) is 4.44. The molecule has 0 spiro atoms. The minimum Gasteiger partial charge on any atom is -0.256 e. The second-order valence-corrected chi connectivity index (χ2v) is 12.2. The summed E-state index contributed by atoms with van der Waals surface area (Å²) in [7, 11) is 0. The van der Waals surface area contributed by atoms with E-state index in [9.17, 15) is 0 Å². The molecule has 45 heavy (non-hydrogen) atoms. The summed E-state index contributed by atoms with van der Waals surface area (Å²) in [4.78, 5) is 19.9. The molecule has 0 atom stereocenters. The highest BCUT2D eigenvalue weighted by atomic mass is 32.1. The Balaban J connectivity index is 1.34. The molecule has 9 aromatic rings. The summed E-state index contributed by atoms with van der Waals surface area (Å²) in [5.41, 5.74) is 6.16. The SMILES string of the molecule is c1ccc(-c2nc(-c3ccccc3)nc(-c3cc(-c4ccc5cnc6ccccc6c5c4)cc4c3sc3ccccc34)n2)cc1. The average molecular weight is 593 g/mol. The van der Waals surface area contributed by atoms with E-state index in [1.165, 1.54) is 25.6 Å². The largest absolute Gasteiger partial charge is 0.256 e. The van der Waals surface area contributed by atoms with Crippen LogP contribution in [0.25, 0.3) is 87.1 Å². The van der Waals surface area contributed by atoms with Crippen molar-refractivity contribution in [3.63, 3.8) is 0 Å². The molecule has 5 heteroatoms. The van der Waals surface area contributed by atoms with E-state index in [0.29, 0.717) is 17.5 Å². The Bertz CT molecular complexity index is 2480. The number of hydrogen-bond acceptors (Lipinski definition) is 5. The fourth-order valence-corrected chi connectivity index (χ4v) is 7.32. The van der Waals surface area contributed by atoms with E-state index in [-0.39, 0.29) is 0 Å². The monoisotopic (exact) mass is 592 g/mol. The Morgan fingerprint density at radius 1 is 0.422 bits per heavy atom. The van der Waals surface area contributed by atoms with Crippen molar-refractivity contribution >= 4 is 53.2 Å². The van der Waals surface area contributed by atoms with Crippen LogP contribution in [-0.4, -0.2) is 19.9 Å². The number of aromatic nitrogens is 4. The number of pyridine rings is 1. The quantitative estimate of drug-likeness (QED) is 0.191. The molecule has 0 N–H and O–H groups in total. The molecule has 3 heterocycles. The van der Waals surface area contributed by atoms with Gasteiger partial charge in [-0.25, -0.2) is 15.0 Å². The Hall–Kier alpha value is -5.78. The number of rotatable bonds is 4. The van der Waals surface area contributed by atoms with Gasteiger partial charge >= 0.3 is 0 Å². The standard InChI is InChI=1S/C40H24N4S/c1-3-11-25(12-4-1)38-42-39(26-13-5-2-6-14-26)44-40(43-38)34-23-29(22-33-31-16-8-10-18-36(31)45-37(33)34)27-19-20-28-24-41-35-17-9-7-15-30(35)32(28)21-27/h1-24H. The number of nitrogens with zero attached hydrogens (tertiary/aromatic N) is 4. The minimum absolute atomic E-state index is 0.656. The van der Waals surface area contributed by atoms with Crippen molar-refractivity contribution in [2.45, 2.75) is 0 Å². The van der Waals surface area contributed by atoms with Gasteiger partial charge in [0.25, 0.3) is 0 Å². The predicted octanol–water partition coefficient (Wildman–Crippen LogP) is 10.6. The third-order valence-electron chi connectivity index (χ3n) is 8.34. The molecule has 210 valence electrons. The molecule has 0 aliphatic carbocycles. The lowest BCUT2D eigenvalue weighted by Crippen LogP contribution is -2.00. The maximum Gasteiger partial charge on any atom is 0.165 e. The maximum absolute atomic E-state index is 5.12. The molecule has 4 nitrogen and oxygen atoms in total. The summed E-state index contributed by atoms with van der Waals surface area (Å²) >= 11 is 1.79. The number of fused-ring (bicyclic) bond motifs is 6. The first-order chi connectivity index (χ1) is 22.3. The topological polar surface area (TPSA) is 51.6 Å². The van der Waals surface area contributed by atoms with Crippen LogP contribution >= 0.6 is 11.3 Å². The molecule has 0 aliphatic rings. The van der Waals surface area contributed by atoms with Crippen LogP contribution in [0.4, 0.5) is 0 Å². The van der Waals surface area contributed by atoms with E-state index in [2.05, 4.69) is 77.8 Å². The van der Waals surface area contributed by atoms with E-state index < -0.39 is 0 Å². The molecule has 0 bridgehead atoms. The molecular weight excluding hydrogens is 569 g/mol.